The molecule has 1 aromatic heterocycles. The fourth-order valence-corrected chi connectivity index (χ4v) is 7.62. The van der Waals surface area contributed by atoms with Gasteiger partial charge in [-0.25, -0.2) is 0 Å². The number of thiophene rings is 1. The first-order chi connectivity index (χ1) is 17.6. The molecule has 3 rings (SSSR count). The molecule has 0 radical (unpaired) electrons. The highest BCUT2D eigenvalue weighted by Crippen LogP contribution is 2.54. The van der Waals surface area contributed by atoms with Gasteiger partial charge >= 0.3 is 0 Å². The second kappa shape index (κ2) is 11.4. The SMILES string of the molecule is CCC(CC)(c1ccc(OS(C)(C)C(C)(C)C)c(C)c1)c1cc(C)c(COS(=O)(=O)c2ccc(C)cc2)s1. The lowest BCUT2D eigenvalue weighted by Gasteiger charge is -2.44. The highest BCUT2D eigenvalue weighted by Gasteiger charge is 2.35. The van der Waals surface area contributed by atoms with Crippen LogP contribution in [0.15, 0.2) is 53.4 Å². The average Bonchev–Trinajstić information content (AvgIpc) is 3.21. The molecule has 0 N–H and O–H groups in total. The van der Waals surface area contributed by atoms with Crippen LogP contribution in [0.1, 0.15) is 79.5 Å². The number of aryl methyl sites for hydroxylation is 3. The van der Waals surface area contributed by atoms with Gasteiger partial charge in [0.1, 0.15) is 12.4 Å². The van der Waals surface area contributed by atoms with Crippen LogP contribution in [-0.2, 0) is 26.3 Å². The maximum atomic E-state index is 12.8. The third-order valence-corrected chi connectivity index (χ3v) is 14.1. The Labute approximate surface area is 236 Å². The lowest BCUT2D eigenvalue weighted by Crippen LogP contribution is -2.27. The van der Waals surface area contributed by atoms with E-state index in [-0.39, 0.29) is 21.7 Å². The number of rotatable bonds is 10. The van der Waals surface area contributed by atoms with E-state index in [9.17, 15) is 8.42 Å². The first-order valence-corrected chi connectivity index (χ1v) is 17.8. The molecule has 0 unspecified atom stereocenters. The monoisotopic (exact) mass is 576 g/mol. The summed E-state index contributed by atoms with van der Waals surface area (Å²) in [4.78, 5) is 2.36. The molecule has 0 saturated heterocycles. The van der Waals surface area contributed by atoms with Gasteiger partial charge in [0.15, 0.2) is 0 Å². The normalized spacial score (nSPS) is 13.5. The highest BCUT2D eigenvalue weighted by molar-refractivity contribution is 8.30. The first kappa shape index (κ1) is 30.7. The average molecular weight is 577 g/mol. The minimum Gasteiger partial charge on any atom is -0.449 e. The van der Waals surface area contributed by atoms with Gasteiger partial charge in [0, 0.05) is 19.9 Å². The molecule has 3 aromatic rings. The first-order valence-electron chi connectivity index (χ1n) is 13.2. The van der Waals surface area contributed by atoms with Crippen molar-refractivity contribution >= 4 is 31.8 Å². The van der Waals surface area contributed by atoms with E-state index >= 15 is 0 Å². The predicted molar refractivity (Wildman–Crippen MR) is 165 cm³/mol. The Morgan fingerprint density at radius 1 is 0.842 bits per heavy atom. The Morgan fingerprint density at radius 2 is 1.45 bits per heavy atom. The third-order valence-electron chi connectivity index (χ3n) is 7.85. The van der Waals surface area contributed by atoms with E-state index in [0.717, 1.165) is 40.2 Å². The molecule has 0 spiro atoms. The van der Waals surface area contributed by atoms with Crippen molar-refractivity contribution < 1.29 is 16.8 Å². The van der Waals surface area contributed by atoms with Gasteiger partial charge < -0.3 is 4.18 Å². The molecule has 38 heavy (non-hydrogen) atoms. The second-order valence-electron chi connectivity index (χ2n) is 11.4. The van der Waals surface area contributed by atoms with Crippen LogP contribution in [0.3, 0.4) is 0 Å². The van der Waals surface area contributed by atoms with E-state index in [0.29, 0.717) is 0 Å². The number of hydrogen-bond donors (Lipinski definition) is 0. The second-order valence-corrected chi connectivity index (χ2v) is 18.1. The molecular formula is C31H44O4S3. The summed E-state index contributed by atoms with van der Waals surface area (Å²) >= 11 is 1.66. The van der Waals surface area contributed by atoms with Gasteiger partial charge in [-0.1, -0.05) is 54.0 Å². The fraction of sp³-hybridized carbons (Fsp3) is 0.484. The molecule has 0 fully saturated rings. The summed E-state index contributed by atoms with van der Waals surface area (Å²) in [5, 5.41) is 0. The molecule has 0 amide bonds. The molecule has 7 heteroatoms. The van der Waals surface area contributed by atoms with Crippen LogP contribution in [0.5, 0.6) is 5.75 Å². The lowest BCUT2D eigenvalue weighted by atomic mass is 9.74. The lowest BCUT2D eigenvalue weighted by molar-refractivity contribution is 0.310. The Hall–Kier alpha value is -1.80. The summed E-state index contributed by atoms with van der Waals surface area (Å²) < 4.78 is 37.7. The largest absolute Gasteiger partial charge is 0.449 e. The minimum atomic E-state index is -3.82. The summed E-state index contributed by atoms with van der Waals surface area (Å²) in [5.74, 6) is 0.947. The zero-order valence-corrected chi connectivity index (χ0v) is 27.0. The van der Waals surface area contributed by atoms with Crippen molar-refractivity contribution in [3.05, 3.63) is 80.5 Å². The maximum Gasteiger partial charge on any atom is 0.297 e. The molecule has 0 atom stereocenters. The van der Waals surface area contributed by atoms with Gasteiger partial charge in [0.05, 0.1) is 4.90 Å². The summed E-state index contributed by atoms with van der Waals surface area (Å²) in [6.45, 7) is 17.3. The summed E-state index contributed by atoms with van der Waals surface area (Å²) in [5.41, 5.74) is 4.30. The number of benzene rings is 2. The maximum absolute atomic E-state index is 12.8. The van der Waals surface area contributed by atoms with E-state index in [1.165, 1.54) is 10.4 Å². The topological polar surface area (TPSA) is 52.6 Å². The van der Waals surface area contributed by atoms with Crippen LogP contribution < -0.4 is 4.18 Å². The van der Waals surface area contributed by atoms with Crippen LogP contribution in [0.4, 0.5) is 0 Å². The standard InChI is InChI=1S/C31H44O4S3/c1-11-31(12-2,25-15-18-27(23(4)19-25)35-37(9,10)30(6,7)8)29-20-24(5)28(36-29)21-34-38(32,33)26-16-13-22(3)14-17-26/h13-20H,11-12,21H2,1-10H3. The zero-order valence-electron chi connectivity index (χ0n) is 24.6. The summed E-state index contributed by atoms with van der Waals surface area (Å²) in [6, 6.07) is 15.6. The van der Waals surface area contributed by atoms with Crippen molar-refractivity contribution in [3.63, 3.8) is 0 Å². The van der Waals surface area contributed by atoms with Crippen molar-refractivity contribution in [1.82, 2.24) is 0 Å². The minimum absolute atomic E-state index is 0.0344. The van der Waals surface area contributed by atoms with Gasteiger partial charge in [-0.3, -0.25) is 4.18 Å². The molecule has 2 aromatic carbocycles. The van der Waals surface area contributed by atoms with Gasteiger partial charge in [0.2, 0.25) is 0 Å². The molecule has 210 valence electrons. The molecule has 0 aliphatic carbocycles. The molecule has 1 heterocycles. The quantitative estimate of drug-likeness (QED) is 0.226. The Morgan fingerprint density at radius 3 is 1.97 bits per heavy atom. The smallest absolute Gasteiger partial charge is 0.297 e. The van der Waals surface area contributed by atoms with Crippen molar-refractivity contribution in [2.45, 2.75) is 89.9 Å². The fourth-order valence-electron chi connectivity index (χ4n) is 4.34. The molecule has 0 saturated carbocycles. The van der Waals surface area contributed by atoms with Crippen molar-refractivity contribution in [1.29, 1.82) is 0 Å². The molecule has 0 bridgehead atoms. The molecule has 0 aliphatic heterocycles. The van der Waals surface area contributed by atoms with E-state index in [4.69, 9.17) is 8.37 Å². The van der Waals surface area contributed by atoms with Crippen LogP contribution >= 0.6 is 21.6 Å². The Kier molecular flexibility index (Phi) is 9.19. The zero-order chi connectivity index (χ0) is 28.5. The molecule has 0 aliphatic rings. The van der Waals surface area contributed by atoms with Crippen LogP contribution in [0.2, 0.25) is 0 Å². The van der Waals surface area contributed by atoms with Gasteiger partial charge in [-0.15, -0.1) is 11.3 Å². The highest BCUT2D eigenvalue weighted by atomic mass is 32.3. The van der Waals surface area contributed by atoms with Crippen LogP contribution in [0, 0.1) is 20.8 Å². The van der Waals surface area contributed by atoms with Gasteiger partial charge in [0.25, 0.3) is 10.1 Å². The van der Waals surface area contributed by atoms with E-state index in [2.05, 4.69) is 78.3 Å². The third kappa shape index (κ3) is 6.33. The predicted octanol–water partition coefficient (Wildman–Crippen LogP) is 8.84. The van der Waals surface area contributed by atoms with Crippen LogP contribution in [-0.4, -0.2) is 25.7 Å². The Bertz CT molecular complexity index is 1360. The van der Waals surface area contributed by atoms with E-state index in [1.807, 2.05) is 13.8 Å². The molecule has 4 nitrogen and oxygen atoms in total. The number of hydrogen-bond acceptors (Lipinski definition) is 5. The van der Waals surface area contributed by atoms with Crippen molar-refractivity contribution in [2.75, 3.05) is 12.5 Å². The van der Waals surface area contributed by atoms with E-state index < -0.39 is 20.4 Å². The van der Waals surface area contributed by atoms with Crippen molar-refractivity contribution in [3.8, 4) is 5.75 Å². The van der Waals surface area contributed by atoms with Gasteiger partial charge in [-0.05, 0) is 108 Å². The van der Waals surface area contributed by atoms with Gasteiger partial charge in [-0.2, -0.15) is 8.42 Å². The Balaban J connectivity index is 1.90. The molecular weight excluding hydrogens is 533 g/mol. The van der Waals surface area contributed by atoms with Crippen LogP contribution in [0.25, 0.3) is 0 Å². The van der Waals surface area contributed by atoms with E-state index in [1.54, 1.807) is 35.6 Å². The summed E-state index contributed by atoms with van der Waals surface area (Å²) in [6.07, 6.45) is 6.31. The van der Waals surface area contributed by atoms with Crippen molar-refractivity contribution in [2.24, 2.45) is 0 Å². The summed E-state index contributed by atoms with van der Waals surface area (Å²) in [7, 11) is -5.11.